The third kappa shape index (κ3) is 3.39. The maximum Gasteiger partial charge on any atom is 0.128 e. The van der Waals surface area contributed by atoms with Crippen LogP contribution in [0.1, 0.15) is 23.6 Å². The molecule has 2 nitrogen and oxygen atoms in total. The number of halogens is 3. The number of rotatable bonds is 3. The van der Waals surface area contributed by atoms with Crippen LogP contribution >= 0.6 is 27.5 Å². The molecule has 0 saturated heterocycles. The number of hydrogen-bond donors (Lipinski definition) is 0. The summed E-state index contributed by atoms with van der Waals surface area (Å²) >= 11 is 9.50. The minimum absolute atomic E-state index is 0.198. The van der Waals surface area contributed by atoms with Crippen LogP contribution in [0.15, 0.2) is 82.4 Å². The zero-order chi connectivity index (χ0) is 18.1. The second-order valence-corrected chi connectivity index (χ2v) is 7.47. The van der Waals surface area contributed by atoms with Crippen molar-refractivity contribution in [1.82, 2.24) is 0 Å². The van der Waals surface area contributed by atoms with Gasteiger partial charge in [-0.15, -0.1) is 0 Å². The van der Waals surface area contributed by atoms with Gasteiger partial charge >= 0.3 is 0 Å². The molecule has 0 spiro atoms. The summed E-state index contributed by atoms with van der Waals surface area (Å²) in [6.07, 6.45) is 0.620. The Hall–Kier alpha value is -2.17. The van der Waals surface area contributed by atoms with Crippen molar-refractivity contribution in [3.63, 3.8) is 0 Å². The van der Waals surface area contributed by atoms with Crippen LogP contribution in [0, 0.1) is 5.82 Å². The second kappa shape index (κ2) is 7.22. The first-order chi connectivity index (χ1) is 12.6. The van der Waals surface area contributed by atoms with E-state index in [1.165, 1.54) is 6.07 Å². The van der Waals surface area contributed by atoms with E-state index >= 15 is 0 Å². The Bertz CT molecular complexity index is 972. The van der Waals surface area contributed by atoms with Gasteiger partial charge < -0.3 is 0 Å². The highest BCUT2D eigenvalue weighted by molar-refractivity contribution is 9.10. The number of hydrazone groups is 1. The number of benzene rings is 3. The summed E-state index contributed by atoms with van der Waals surface area (Å²) in [5.41, 5.74) is 3.46. The van der Waals surface area contributed by atoms with E-state index in [0.29, 0.717) is 17.0 Å². The first-order valence-corrected chi connectivity index (χ1v) is 9.41. The van der Waals surface area contributed by atoms with E-state index in [1.807, 2.05) is 65.7 Å². The van der Waals surface area contributed by atoms with Gasteiger partial charge in [0.1, 0.15) is 5.82 Å². The normalized spacial score (nSPS) is 16.7. The van der Waals surface area contributed by atoms with E-state index in [-0.39, 0.29) is 11.9 Å². The van der Waals surface area contributed by atoms with Gasteiger partial charge in [0.2, 0.25) is 0 Å². The molecule has 3 aromatic carbocycles. The number of hydrogen-bond acceptors (Lipinski definition) is 2. The van der Waals surface area contributed by atoms with Crippen LogP contribution < -0.4 is 5.01 Å². The van der Waals surface area contributed by atoms with E-state index in [9.17, 15) is 4.39 Å². The van der Waals surface area contributed by atoms with Crippen molar-refractivity contribution in [3.05, 3.63) is 99.2 Å². The molecule has 26 heavy (non-hydrogen) atoms. The van der Waals surface area contributed by atoms with Gasteiger partial charge in [-0.2, -0.15) is 5.10 Å². The van der Waals surface area contributed by atoms with E-state index in [0.717, 1.165) is 21.4 Å². The van der Waals surface area contributed by atoms with Crippen LogP contribution in [0.25, 0.3) is 0 Å². The molecule has 5 heteroatoms. The molecule has 3 aromatic rings. The van der Waals surface area contributed by atoms with Gasteiger partial charge in [0.05, 0.1) is 17.4 Å². The highest BCUT2D eigenvalue weighted by atomic mass is 79.9. The molecule has 0 fully saturated rings. The molecule has 0 N–H and O–H groups in total. The highest BCUT2D eigenvalue weighted by Crippen LogP contribution is 2.38. The Morgan fingerprint density at radius 3 is 2.50 bits per heavy atom. The van der Waals surface area contributed by atoms with Crippen LogP contribution in [-0.4, -0.2) is 5.71 Å². The molecule has 1 atom stereocenters. The fraction of sp³-hybridized carbons (Fsp3) is 0.0952. The molecule has 0 radical (unpaired) electrons. The summed E-state index contributed by atoms with van der Waals surface area (Å²) in [6, 6.07) is 22.2. The molecular weight excluding hydrogens is 415 g/mol. The Morgan fingerprint density at radius 2 is 1.77 bits per heavy atom. The minimum Gasteiger partial charge on any atom is -0.257 e. The maximum absolute atomic E-state index is 14.5. The highest BCUT2D eigenvalue weighted by Gasteiger charge is 2.31. The summed E-state index contributed by atoms with van der Waals surface area (Å²) in [6.45, 7) is 0. The van der Waals surface area contributed by atoms with Gasteiger partial charge in [0, 0.05) is 21.5 Å². The Morgan fingerprint density at radius 1 is 1.00 bits per heavy atom. The third-order valence-corrected chi connectivity index (χ3v) is 5.17. The monoisotopic (exact) mass is 428 g/mol. The molecule has 0 unspecified atom stereocenters. The lowest BCUT2D eigenvalue weighted by Gasteiger charge is -2.24. The Kier molecular flexibility index (Phi) is 4.79. The molecule has 0 saturated carbocycles. The zero-order valence-electron chi connectivity index (χ0n) is 13.7. The minimum atomic E-state index is -0.218. The van der Waals surface area contributed by atoms with Crippen molar-refractivity contribution >= 4 is 38.9 Å². The molecule has 1 aliphatic heterocycles. The average Bonchev–Trinajstić information content (AvgIpc) is 3.08. The van der Waals surface area contributed by atoms with E-state index < -0.39 is 0 Å². The molecule has 0 aliphatic carbocycles. The fourth-order valence-corrected chi connectivity index (χ4v) is 3.68. The van der Waals surface area contributed by atoms with Gasteiger partial charge in [-0.3, -0.25) is 5.01 Å². The lowest BCUT2D eigenvalue weighted by Crippen LogP contribution is -2.19. The first kappa shape index (κ1) is 17.3. The summed E-state index contributed by atoms with van der Waals surface area (Å²) in [5, 5.41) is 7.40. The van der Waals surface area contributed by atoms with Gasteiger partial charge in [0.25, 0.3) is 0 Å². The smallest absolute Gasteiger partial charge is 0.128 e. The van der Waals surface area contributed by atoms with Crippen molar-refractivity contribution < 1.29 is 4.39 Å². The lowest BCUT2D eigenvalue weighted by molar-refractivity contribution is 0.579. The fourth-order valence-electron chi connectivity index (χ4n) is 3.17. The molecule has 1 aliphatic rings. The van der Waals surface area contributed by atoms with Crippen LogP contribution in [0.4, 0.5) is 10.1 Å². The summed E-state index contributed by atoms with van der Waals surface area (Å²) in [7, 11) is 0. The average molecular weight is 430 g/mol. The van der Waals surface area contributed by atoms with Crippen molar-refractivity contribution in [1.29, 1.82) is 0 Å². The predicted octanol–water partition coefficient (Wildman–Crippen LogP) is 6.60. The summed E-state index contributed by atoms with van der Waals surface area (Å²) in [5.74, 6) is -0.218. The Labute approximate surface area is 165 Å². The summed E-state index contributed by atoms with van der Waals surface area (Å²) < 4.78 is 15.4. The molecule has 0 aromatic heterocycles. The van der Waals surface area contributed by atoms with Gasteiger partial charge in [-0.1, -0.05) is 63.9 Å². The molecule has 4 rings (SSSR count). The topological polar surface area (TPSA) is 15.6 Å². The van der Waals surface area contributed by atoms with Crippen molar-refractivity contribution in [3.8, 4) is 0 Å². The van der Waals surface area contributed by atoms with Gasteiger partial charge in [-0.05, 0) is 42.0 Å². The second-order valence-electron chi connectivity index (χ2n) is 6.12. The maximum atomic E-state index is 14.5. The van der Waals surface area contributed by atoms with Crippen LogP contribution in [0.3, 0.4) is 0 Å². The lowest BCUT2D eigenvalue weighted by atomic mass is 9.98. The van der Waals surface area contributed by atoms with Crippen molar-refractivity contribution in [2.24, 2.45) is 5.10 Å². The predicted molar refractivity (Wildman–Crippen MR) is 108 cm³/mol. The van der Waals surface area contributed by atoms with Crippen molar-refractivity contribution in [2.45, 2.75) is 12.5 Å². The quantitative estimate of drug-likeness (QED) is 0.458. The molecule has 0 amide bonds. The van der Waals surface area contributed by atoms with Crippen LogP contribution in [-0.2, 0) is 0 Å². The summed E-state index contributed by atoms with van der Waals surface area (Å²) in [4.78, 5) is 0. The number of anilines is 1. The van der Waals surface area contributed by atoms with E-state index in [4.69, 9.17) is 16.7 Å². The zero-order valence-corrected chi connectivity index (χ0v) is 16.1. The van der Waals surface area contributed by atoms with Gasteiger partial charge in [0.15, 0.2) is 0 Å². The van der Waals surface area contributed by atoms with E-state index in [1.54, 1.807) is 6.07 Å². The molecule has 130 valence electrons. The van der Waals surface area contributed by atoms with Gasteiger partial charge in [-0.25, -0.2) is 4.39 Å². The molecule has 1 heterocycles. The molecule has 0 bridgehead atoms. The molecular formula is C21H15BrClFN2. The standard InChI is InChI=1S/C21H15BrClFN2/c22-15-4-3-5-17(12-15)26-21(18-6-1-2-7-19(18)24)13-20(25-26)14-8-10-16(23)11-9-14/h1-12,21H,13H2/t21-/m1/s1. The largest absolute Gasteiger partial charge is 0.257 e. The van der Waals surface area contributed by atoms with Crippen LogP contribution in [0.5, 0.6) is 0 Å². The Balaban J connectivity index is 1.78. The van der Waals surface area contributed by atoms with E-state index in [2.05, 4.69) is 15.9 Å². The first-order valence-electron chi connectivity index (χ1n) is 8.24. The SMILES string of the molecule is Fc1ccccc1[C@H]1CC(c2ccc(Cl)cc2)=NN1c1cccc(Br)c1. The third-order valence-electron chi connectivity index (χ3n) is 4.42. The van der Waals surface area contributed by atoms with Crippen LogP contribution in [0.2, 0.25) is 5.02 Å². The number of nitrogens with zero attached hydrogens (tertiary/aromatic N) is 2. The van der Waals surface area contributed by atoms with Crippen molar-refractivity contribution in [2.75, 3.05) is 5.01 Å².